The molecule has 1 aromatic carbocycles. The fourth-order valence-electron chi connectivity index (χ4n) is 1.59. The summed E-state index contributed by atoms with van der Waals surface area (Å²) >= 11 is 0. The van der Waals surface area contributed by atoms with Crippen molar-refractivity contribution in [2.45, 2.75) is 26.2 Å². The van der Waals surface area contributed by atoms with Gasteiger partial charge in [-0.3, -0.25) is 0 Å². The molecular formula is C16H20O4. The van der Waals surface area contributed by atoms with Crippen LogP contribution in [-0.4, -0.2) is 25.2 Å². The highest BCUT2D eigenvalue weighted by Crippen LogP contribution is 2.09. The van der Waals surface area contributed by atoms with Gasteiger partial charge in [0.15, 0.2) is 0 Å². The summed E-state index contributed by atoms with van der Waals surface area (Å²) in [6.45, 7) is 6.10. The molecule has 0 spiro atoms. The van der Waals surface area contributed by atoms with Gasteiger partial charge in [-0.05, 0) is 24.6 Å². The monoisotopic (exact) mass is 276 g/mol. The first kappa shape index (κ1) is 16.0. The molecule has 0 amide bonds. The number of carbonyl (C=O) groups excluding carboxylic acids is 2. The Bertz CT molecular complexity index is 465. The van der Waals surface area contributed by atoms with Gasteiger partial charge < -0.3 is 9.47 Å². The maximum absolute atomic E-state index is 11.8. The maximum Gasteiger partial charge on any atom is 0.338 e. The molecule has 0 aromatic heterocycles. The second kappa shape index (κ2) is 8.91. The normalized spacial score (nSPS) is 9.85. The number of carbonyl (C=O) groups is 2. The third-order valence-electron chi connectivity index (χ3n) is 2.65. The second-order valence-electron chi connectivity index (χ2n) is 4.31. The zero-order valence-corrected chi connectivity index (χ0v) is 11.8. The summed E-state index contributed by atoms with van der Waals surface area (Å²) in [5.74, 6) is -0.898. The van der Waals surface area contributed by atoms with Gasteiger partial charge in [-0.1, -0.05) is 38.5 Å². The van der Waals surface area contributed by atoms with E-state index in [1.54, 1.807) is 18.2 Å². The molecule has 0 aliphatic heterocycles. The summed E-state index contributed by atoms with van der Waals surface area (Å²) < 4.78 is 10.1. The predicted octanol–water partition coefficient (Wildman–Crippen LogP) is 3.38. The van der Waals surface area contributed by atoms with Crippen LogP contribution in [0.2, 0.25) is 0 Å². The summed E-state index contributed by atoms with van der Waals surface area (Å²) in [7, 11) is 0. The largest absolute Gasteiger partial charge is 0.462 e. The van der Waals surface area contributed by atoms with Gasteiger partial charge in [-0.2, -0.15) is 0 Å². The van der Waals surface area contributed by atoms with Gasteiger partial charge in [0.05, 0.1) is 17.7 Å². The molecule has 0 heterocycles. The Hall–Kier alpha value is -2.10. The quantitative estimate of drug-likeness (QED) is 0.415. The molecule has 4 heteroatoms. The lowest BCUT2D eigenvalue weighted by Crippen LogP contribution is -2.09. The highest BCUT2D eigenvalue weighted by atomic mass is 16.5. The van der Waals surface area contributed by atoms with E-state index in [0.717, 1.165) is 19.3 Å². The van der Waals surface area contributed by atoms with Gasteiger partial charge in [-0.15, -0.1) is 0 Å². The first-order valence-electron chi connectivity index (χ1n) is 6.74. The Kier molecular flexibility index (Phi) is 7.11. The molecule has 1 aromatic rings. The highest BCUT2D eigenvalue weighted by Gasteiger charge is 2.12. The topological polar surface area (TPSA) is 52.6 Å². The first-order valence-corrected chi connectivity index (χ1v) is 6.74. The summed E-state index contributed by atoms with van der Waals surface area (Å²) in [6.07, 6.45) is 4.44. The summed E-state index contributed by atoms with van der Waals surface area (Å²) in [5.41, 5.74) is 0.685. The average molecular weight is 276 g/mol. The van der Waals surface area contributed by atoms with E-state index in [2.05, 4.69) is 13.5 Å². The fourth-order valence-corrected chi connectivity index (χ4v) is 1.59. The second-order valence-corrected chi connectivity index (χ2v) is 4.31. The number of esters is 2. The number of unbranched alkanes of at least 4 members (excludes halogenated alkanes) is 2. The van der Waals surface area contributed by atoms with Crippen LogP contribution >= 0.6 is 0 Å². The van der Waals surface area contributed by atoms with E-state index in [9.17, 15) is 9.59 Å². The van der Waals surface area contributed by atoms with Gasteiger partial charge >= 0.3 is 11.9 Å². The van der Waals surface area contributed by atoms with Crippen LogP contribution in [0.1, 0.15) is 46.9 Å². The predicted molar refractivity (Wildman–Crippen MR) is 76.7 cm³/mol. The maximum atomic E-state index is 11.8. The van der Waals surface area contributed by atoms with Crippen molar-refractivity contribution in [2.75, 3.05) is 13.2 Å². The number of hydrogen-bond donors (Lipinski definition) is 0. The minimum Gasteiger partial charge on any atom is -0.462 e. The van der Waals surface area contributed by atoms with Crippen LogP contribution < -0.4 is 0 Å². The molecule has 0 radical (unpaired) electrons. The van der Waals surface area contributed by atoms with Crippen LogP contribution in [0, 0.1) is 0 Å². The standard InChI is InChI=1S/C16H20O4/c1-3-5-6-11-20-16(18)14-9-7-8-13(12-14)15(17)19-10-4-2/h4,7-9,12H,2-3,5-6,10-11H2,1H3. The number of benzene rings is 1. The van der Waals surface area contributed by atoms with Gasteiger partial charge in [0.1, 0.15) is 6.61 Å². The van der Waals surface area contributed by atoms with Gasteiger partial charge in [0, 0.05) is 0 Å². The molecule has 108 valence electrons. The SMILES string of the molecule is C=CCOC(=O)c1cccc(C(=O)OCCCCC)c1. The molecule has 0 aliphatic rings. The zero-order chi connectivity index (χ0) is 14.8. The summed E-state index contributed by atoms with van der Waals surface area (Å²) in [6, 6.07) is 6.33. The van der Waals surface area contributed by atoms with E-state index in [-0.39, 0.29) is 6.61 Å². The number of rotatable bonds is 8. The molecule has 0 N–H and O–H groups in total. The van der Waals surface area contributed by atoms with Gasteiger partial charge in [0.2, 0.25) is 0 Å². The number of hydrogen-bond acceptors (Lipinski definition) is 4. The summed E-state index contributed by atoms with van der Waals surface area (Å²) in [5, 5.41) is 0. The summed E-state index contributed by atoms with van der Waals surface area (Å²) in [4.78, 5) is 23.5. The Labute approximate surface area is 119 Å². The Morgan fingerprint density at radius 2 is 1.80 bits per heavy atom. The third kappa shape index (κ3) is 5.26. The van der Waals surface area contributed by atoms with Crippen molar-refractivity contribution in [2.24, 2.45) is 0 Å². The lowest BCUT2D eigenvalue weighted by Gasteiger charge is -2.06. The van der Waals surface area contributed by atoms with E-state index < -0.39 is 11.9 Å². The van der Waals surface area contributed by atoms with Crippen LogP contribution in [0.3, 0.4) is 0 Å². The highest BCUT2D eigenvalue weighted by molar-refractivity contribution is 5.95. The third-order valence-corrected chi connectivity index (χ3v) is 2.65. The average Bonchev–Trinajstić information content (AvgIpc) is 2.49. The van der Waals surface area contributed by atoms with E-state index in [4.69, 9.17) is 9.47 Å². The van der Waals surface area contributed by atoms with Crippen molar-refractivity contribution in [1.82, 2.24) is 0 Å². The van der Waals surface area contributed by atoms with E-state index in [1.807, 2.05) is 0 Å². The Morgan fingerprint density at radius 3 is 2.40 bits per heavy atom. The minimum absolute atomic E-state index is 0.143. The Balaban J connectivity index is 2.60. The molecule has 1 rings (SSSR count). The van der Waals surface area contributed by atoms with Crippen LogP contribution in [0.15, 0.2) is 36.9 Å². The van der Waals surface area contributed by atoms with E-state index in [1.165, 1.54) is 12.1 Å². The molecule has 20 heavy (non-hydrogen) atoms. The van der Waals surface area contributed by atoms with Gasteiger partial charge in [-0.25, -0.2) is 9.59 Å². The first-order chi connectivity index (χ1) is 9.69. The molecule has 0 unspecified atom stereocenters. The van der Waals surface area contributed by atoms with Crippen molar-refractivity contribution < 1.29 is 19.1 Å². The molecule has 0 atom stereocenters. The molecule has 0 fully saturated rings. The van der Waals surface area contributed by atoms with Crippen molar-refractivity contribution in [1.29, 1.82) is 0 Å². The Morgan fingerprint density at radius 1 is 1.15 bits per heavy atom. The minimum atomic E-state index is -0.481. The molecular weight excluding hydrogens is 256 g/mol. The lowest BCUT2D eigenvalue weighted by molar-refractivity contribution is 0.0498. The van der Waals surface area contributed by atoms with Crippen LogP contribution in [-0.2, 0) is 9.47 Å². The zero-order valence-electron chi connectivity index (χ0n) is 11.8. The van der Waals surface area contributed by atoms with Crippen LogP contribution in [0.25, 0.3) is 0 Å². The lowest BCUT2D eigenvalue weighted by atomic mass is 10.1. The molecule has 4 nitrogen and oxygen atoms in total. The van der Waals surface area contributed by atoms with E-state index in [0.29, 0.717) is 17.7 Å². The van der Waals surface area contributed by atoms with Crippen molar-refractivity contribution in [3.05, 3.63) is 48.0 Å². The smallest absolute Gasteiger partial charge is 0.338 e. The molecule has 0 bridgehead atoms. The molecule has 0 saturated heterocycles. The van der Waals surface area contributed by atoms with Crippen molar-refractivity contribution in [3.63, 3.8) is 0 Å². The molecule has 0 aliphatic carbocycles. The van der Waals surface area contributed by atoms with Gasteiger partial charge in [0.25, 0.3) is 0 Å². The number of ether oxygens (including phenoxy) is 2. The van der Waals surface area contributed by atoms with Crippen molar-refractivity contribution in [3.8, 4) is 0 Å². The van der Waals surface area contributed by atoms with Crippen LogP contribution in [0.4, 0.5) is 0 Å². The molecule has 0 saturated carbocycles. The fraction of sp³-hybridized carbons (Fsp3) is 0.375. The van der Waals surface area contributed by atoms with E-state index >= 15 is 0 Å². The van der Waals surface area contributed by atoms with Crippen molar-refractivity contribution >= 4 is 11.9 Å². The van der Waals surface area contributed by atoms with Crippen LogP contribution in [0.5, 0.6) is 0 Å².